The van der Waals surface area contributed by atoms with Gasteiger partial charge in [-0.2, -0.15) is 0 Å². The minimum absolute atomic E-state index is 0.100. The van der Waals surface area contributed by atoms with Crippen molar-refractivity contribution in [1.29, 1.82) is 0 Å². The predicted octanol–water partition coefficient (Wildman–Crippen LogP) is 3.18. The molecule has 1 heterocycles. The quantitative estimate of drug-likeness (QED) is 0.854. The molecule has 2 aromatic rings. The van der Waals surface area contributed by atoms with Crippen LogP contribution in [-0.2, 0) is 0 Å². The van der Waals surface area contributed by atoms with Crippen LogP contribution in [0.5, 0.6) is 0 Å². The predicted molar refractivity (Wildman–Crippen MR) is 64.4 cm³/mol. The largest absolute Gasteiger partial charge is 0.349 e. The first-order chi connectivity index (χ1) is 7.56. The van der Waals surface area contributed by atoms with Gasteiger partial charge < -0.3 is 5.32 Å². The van der Waals surface area contributed by atoms with E-state index in [1.165, 1.54) is 23.5 Å². The van der Waals surface area contributed by atoms with E-state index in [9.17, 15) is 9.18 Å². The molecular weight excluding hydrogens is 225 g/mol. The highest BCUT2D eigenvalue weighted by atomic mass is 32.1. The molecule has 2 nitrogen and oxygen atoms in total. The first-order valence-corrected chi connectivity index (χ1v) is 5.88. The molecule has 0 radical (unpaired) electrons. The van der Waals surface area contributed by atoms with Gasteiger partial charge in [-0.1, -0.05) is 0 Å². The fraction of sp³-hybridized carbons (Fsp3) is 0.250. The van der Waals surface area contributed by atoms with Crippen LogP contribution in [0.25, 0.3) is 10.1 Å². The van der Waals surface area contributed by atoms with Crippen molar-refractivity contribution in [3.05, 3.63) is 35.0 Å². The number of benzene rings is 1. The van der Waals surface area contributed by atoms with E-state index in [1.54, 1.807) is 12.1 Å². The fourth-order valence-corrected chi connectivity index (χ4v) is 2.41. The zero-order valence-electron chi connectivity index (χ0n) is 9.08. The molecule has 0 saturated heterocycles. The molecule has 1 aromatic carbocycles. The van der Waals surface area contributed by atoms with E-state index in [-0.39, 0.29) is 17.8 Å². The third-order valence-corrected chi connectivity index (χ3v) is 3.24. The third kappa shape index (κ3) is 2.22. The topological polar surface area (TPSA) is 29.1 Å². The lowest BCUT2D eigenvalue weighted by Crippen LogP contribution is -2.29. The number of hydrogen-bond donors (Lipinski definition) is 1. The van der Waals surface area contributed by atoms with Gasteiger partial charge in [0.2, 0.25) is 0 Å². The molecular formula is C12H12FNOS. The first kappa shape index (κ1) is 11.1. The van der Waals surface area contributed by atoms with E-state index in [2.05, 4.69) is 5.32 Å². The average Bonchev–Trinajstić information content (AvgIpc) is 2.59. The highest BCUT2D eigenvalue weighted by Gasteiger charge is 2.11. The van der Waals surface area contributed by atoms with Gasteiger partial charge in [-0.25, -0.2) is 4.39 Å². The van der Waals surface area contributed by atoms with E-state index in [4.69, 9.17) is 0 Å². The number of amides is 1. The number of carbonyl (C=O) groups is 1. The van der Waals surface area contributed by atoms with Crippen LogP contribution in [-0.4, -0.2) is 11.9 Å². The Bertz CT molecular complexity index is 533. The van der Waals surface area contributed by atoms with Gasteiger partial charge in [-0.05, 0) is 43.5 Å². The minimum Gasteiger partial charge on any atom is -0.349 e. The maximum absolute atomic E-state index is 13.0. The van der Waals surface area contributed by atoms with Crippen molar-refractivity contribution in [1.82, 2.24) is 5.32 Å². The zero-order valence-corrected chi connectivity index (χ0v) is 9.90. The summed E-state index contributed by atoms with van der Waals surface area (Å²) in [6, 6.07) is 6.37. The fourth-order valence-electron chi connectivity index (χ4n) is 1.46. The van der Waals surface area contributed by atoms with Crippen LogP contribution < -0.4 is 5.32 Å². The highest BCUT2D eigenvalue weighted by Crippen LogP contribution is 2.26. The summed E-state index contributed by atoms with van der Waals surface area (Å²) in [6.45, 7) is 3.82. The van der Waals surface area contributed by atoms with E-state index in [0.717, 1.165) is 10.1 Å². The Balaban J connectivity index is 2.36. The summed E-state index contributed by atoms with van der Waals surface area (Å²) in [7, 11) is 0. The number of fused-ring (bicyclic) bond motifs is 1. The monoisotopic (exact) mass is 237 g/mol. The Morgan fingerprint density at radius 2 is 2.12 bits per heavy atom. The van der Waals surface area contributed by atoms with E-state index in [0.29, 0.717) is 4.88 Å². The normalized spacial score (nSPS) is 11.0. The summed E-state index contributed by atoms with van der Waals surface area (Å²) in [6.07, 6.45) is 0. The SMILES string of the molecule is CC(C)NC(=O)c1cc2cc(F)ccc2s1. The van der Waals surface area contributed by atoms with Crippen molar-refractivity contribution in [3.8, 4) is 0 Å². The summed E-state index contributed by atoms with van der Waals surface area (Å²) in [5.74, 6) is -0.377. The molecule has 0 aliphatic carbocycles. The molecule has 0 bridgehead atoms. The molecule has 0 atom stereocenters. The van der Waals surface area contributed by atoms with Crippen LogP contribution >= 0.6 is 11.3 Å². The van der Waals surface area contributed by atoms with Gasteiger partial charge in [-0.15, -0.1) is 11.3 Å². The number of hydrogen-bond acceptors (Lipinski definition) is 2. The smallest absolute Gasteiger partial charge is 0.261 e. The van der Waals surface area contributed by atoms with Gasteiger partial charge in [0.15, 0.2) is 0 Å². The van der Waals surface area contributed by atoms with Gasteiger partial charge >= 0.3 is 0 Å². The molecule has 0 fully saturated rings. The summed E-state index contributed by atoms with van der Waals surface area (Å²) in [4.78, 5) is 12.3. The summed E-state index contributed by atoms with van der Waals surface area (Å²) in [5.41, 5.74) is 0. The van der Waals surface area contributed by atoms with Crippen LogP contribution in [0, 0.1) is 5.82 Å². The maximum Gasteiger partial charge on any atom is 0.261 e. The van der Waals surface area contributed by atoms with Gasteiger partial charge in [0.25, 0.3) is 5.91 Å². The summed E-state index contributed by atoms with van der Waals surface area (Å²) in [5, 5.41) is 3.59. The van der Waals surface area contributed by atoms with Gasteiger partial charge in [0.05, 0.1) is 4.88 Å². The Morgan fingerprint density at radius 3 is 2.81 bits per heavy atom. The van der Waals surface area contributed by atoms with E-state index < -0.39 is 0 Å². The van der Waals surface area contributed by atoms with Gasteiger partial charge in [0.1, 0.15) is 5.82 Å². The number of halogens is 1. The van der Waals surface area contributed by atoms with E-state index in [1.807, 2.05) is 13.8 Å². The number of thiophene rings is 1. The average molecular weight is 237 g/mol. The van der Waals surface area contributed by atoms with E-state index >= 15 is 0 Å². The third-order valence-electron chi connectivity index (χ3n) is 2.12. The van der Waals surface area contributed by atoms with Crippen molar-refractivity contribution in [2.45, 2.75) is 19.9 Å². The summed E-state index contributed by atoms with van der Waals surface area (Å²) < 4.78 is 13.9. The molecule has 0 saturated carbocycles. The number of rotatable bonds is 2. The van der Waals surface area contributed by atoms with Crippen LogP contribution in [0.4, 0.5) is 4.39 Å². The number of nitrogens with one attached hydrogen (secondary N) is 1. The zero-order chi connectivity index (χ0) is 11.7. The molecule has 1 amide bonds. The molecule has 0 spiro atoms. The van der Waals surface area contributed by atoms with Crippen LogP contribution in [0.2, 0.25) is 0 Å². The lowest BCUT2D eigenvalue weighted by atomic mass is 10.2. The highest BCUT2D eigenvalue weighted by molar-refractivity contribution is 7.20. The Labute approximate surface area is 97.1 Å². The van der Waals surface area contributed by atoms with Crippen molar-refractivity contribution < 1.29 is 9.18 Å². The Kier molecular flexibility index (Phi) is 2.92. The second-order valence-corrected chi connectivity index (χ2v) is 5.00. The lowest BCUT2D eigenvalue weighted by molar-refractivity contribution is 0.0947. The lowest BCUT2D eigenvalue weighted by Gasteiger charge is -2.05. The Hall–Kier alpha value is -1.42. The molecule has 0 aliphatic heterocycles. The van der Waals surface area contributed by atoms with Gasteiger partial charge in [-0.3, -0.25) is 4.79 Å². The van der Waals surface area contributed by atoms with Crippen LogP contribution in [0.1, 0.15) is 23.5 Å². The molecule has 84 valence electrons. The Morgan fingerprint density at radius 1 is 1.38 bits per heavy atom. The van der Waals surface area contributed by atoms with Crippen molar-refractivity contribution in [2.24, 2.45) is 0 Å². The van der Waals surface area contributed by atoms with Crippen LogP contribution in [0.3, 0.4) is 0 Å². The van der Waals surface area contributed by atoms with Crippen molar-refractivity contribution in [2.75, 3.05) is 0 Å². The molecule has 2 rings (SSSR count). The van der Waals surface area contributed by atoms with Crippen LogP contribution in [0.15, 0.2) is 24.3 Å². The molecule has 4 heteroatoms. The molecule has 0 unspecified atom stereocenters. The molecule has 16 heavy (non-hydrogen) atoms. The summed E-state index contributed by atoms with van der Waals surface area (Å²) >= 11 is 1.38. The van der Waals surface area contributed by atoms with Crippen molar-refractivity contribution in [3.63, 3.8) is 0 Å². The first-order valence-electron chi connectivity index (χ1n) is 5.06. The standard InChI is InChI=1S/C12H12FNOS/c1-7(2)14-12(15)11-6-8-5-9(13)3-4-10(8)16-11/h3-7H,1-2H3,(H,14,15). The maximum atomic E-state index is 13.0. The second kappa shape index (κ2) is 4.22. The molecule has 1 aromatic heterocycles. The second-order valence-electron chi connectivity index (χ2n) is 3.92. The minimum atomic E-state index is -0.277. The molecule has 0 aliphatic rings. The number of carbonyl (C=O) groups excluding carboxylic acids is 1. The van der Waals surface area contributed by atoms with Gasteiger partial charge in [0, 0.05) is 10.7 Å². The van der Waals surface area contributed by atoms with Crippen molar-refractivity contribution >= 4 is 27.3 Å². The molecule has 1 N–H and O–H groups in total.